The van der Waals surface area contributed by atoms with Crippen LogP contribution in [0.1, 0.15) is 23.6 Å². The van der Waals surface area contributed by atoms with Gasteiger partial charge in [-0.05, 0) is 37.0 Å². The lowest BCUT2D eigenvalue weighted by Gasteiger charge is -2.03. The molecular weight excluding hydrogens is 272 g/mol. The first-order chi connectivity index (χ1) is 9.67. The van der Waals surface area contributed by atoms with Crippen LogP contribution in [0.4, 0.5) is 5.13 Å². The van der Waals surface area contributed by atoms with Crippen LogP contribution in [-0.2, 0) is 4.79 Å². The lowest BCUT2D eigenvalue weighted by Crippen LogP contribution is -2.14. The molecule has 3 rings (SSSR count). The van der Waals surface area contributed by atoms with Gasteiger partial charge in [0.1, 0.15) is 5.75 Å². The number of aryl methyl sites for hydroxylation is 1. The number of anilines is 1. The minimum Gasteiger partial charge on any atom is -0.497 e. The summed E-state index contributed by atoms with van der Waals surface area (Å²) in [5.74, 6) is 1.29. The van der Waals surface area contributed by atoms with Crippen LogP contribution < -0.4 is 10.1 Å². The molecule has 1 aliphatic carbocycles. The van der Waals surface area contributed by atoms with Gasteiger partial charge in [-0.2, -0.15) is 0 Å². The van der Waals surface area contributed by atoms with Crippen molar-refractivity contribution in [1.82, 2.24) is 4.98 Å². The van der Waals surface area contributed by atoms with Gasteiger partial charge in [0.05, 0.1) is 12.8 Å². The molecule has 0 spiro atoms. The van der Waals surface area contributed by atoms with Crippen LogP contribution in [0.15, 0.2) is 29.6 Å². The van der Waals surface area contributed by atoms with Crippen molar-refractivity contribution in [1.29, 1.82) is 0 Å². The molecule has 0 aliphatic heterocycles. The largest absolute Gasteiger partial charge is 0.497 e. The molecular formula is C15H16N2O2S. The lowest BCUT2D eigenvalue weighted by molar-refractivity contribution is -0.117. The first kappa shape index (κ1) is 13.1. The second kappa shape index (κ2) is 5.25. The lowest BCUT2D eigenvalue weighted by atomic mass is 10.1. The minimum absolute atomic E-state index is 0.0626. The fourth-order valence-electron chi connectivity index (χ4n) is 2.31. The first-order valence-electron chi connectivity index (χ1n) is 6.54. The Labute approximate surface area is 121 Å². The highest BCUT2D eigenvalue weighted by Gasteiger charge is 2.44. The number of hydrogen-bond donors (Lipinski definition) is 1. The van der Waals surface area contributed by atoms with E-state index in [9.17, 15) is 4.79 Å². The summed E-state index contributed by atoms with van der Waals surface area (Å²) in [4.78, 5) is 16.4. The Balaban J connectivity index is 1.61. The molecule has 104 valence electrons. The van der Waals surface area contributed by atoms with Crippen LogP contribution >= 0.6 is 11.3 Å². The van der Waals surface area contributed by atoms with Gasteiger partial charge in [-0.15, -0.1) is 11.3 Å². The van der Waals surface area contributed by atoms with E-state index in [2.05, 4.69) is 10.3 Å². The molecule has 0 saturated heterocycles. The molecule has 1 aromatic carbocycles. The molecule has 4 nitrogen and oxygen atoms in total. The number of rotatable bonds is 4. The summed E-state index contributed by atoms with van der Waals surface area (Å²) >= 11 is 1.47. The van der Waals surface area contributed by atoms with Crippen molar-refractivity contribution in [3.63, 3.8) is 0 Å². The standard InChI is InChI=1S/C15H16N2O2S/c1-9-8-20-15(16-9)17-14(18)13-7-12(13)10-3-5-11(19-2)6-4-10/h3-6,8,12-13H,7H2,1-2H3,(H,16,17,18). The summed E-state index contributed by atoms with van der Waals surface area (Å²) in [5.41, 5.74) is 2.13. The quantitative estimate of drug-likeness (QED) is 0.940. The van der Waals surface area contributed by atoms with Gasteiger partial charge < -0.3 is 10.1 Å². The van der Waals surface area contributed by atoms with E-state index in [-0.39, 0.29) is 11.8 Å². The van der Waals surface area contributed by atoms with E-state index in [1.165, 1.54) is 16.9 Å². The average Bonchev–Trinajstić information content (AvgIpc) is 3.17. The van der Waals surface area contributed by atoms with Crippen molar-refractivity contribution < 1.29 is 9.53 Å². The SMILES string of the molecule is COc1ccc(C2CC2C(=O)Nc2nc(C)cs2)cc1. The van der Waals surface area contributed by atoms with Crippen molar-refractivity contribution in [2.24, 2.45) is 5.92 Å². The third kappa shape index (κ3) is 2.67. The monoisotopic (exact) mass is 288 g/mol. The number of nitrogens with one attached hydrogen (secondary N) is 1. The summed E-state index contributed by atoms with van der Waals surface area (Å²) in [6, 6.07) is 7.94. The molecule has 1 fully saturated rings. The molecule has 0 bridgehead atoms. The third-order valence-electron chi connectivity index (χ3n) is 3.52. The third-order valence-corrected chi connectivity index (χ3v) is 4.40. The second-order valence-corrected chi connectivity index (χ2v) is 5.86. The van der Waals surface area contributed by atoms with E-state index in [0.717, 1.165) is 17.9 Å². The molecule has 1 saturated carbocycles. The van der Waals surface area contributed by atoms with Gasteiger partial charge in [0.15, 0.2) is 5.13 Å². The Morgan fingerprint density at radius 3 is 2.75 bits per heavy atom. The van der Waals surface area contributed by atoms with Crippen LogP contribution in [0, 0.1) is 12.8 Å². The van der Waals surface area contributed by atoms with Crippen molar-refractivity contribution in [3.05, 3.63) is 40.9 Å². The summed E-state index contributed by atoms with van der Waals surface area (Å²) in [6.07, 6.45) is 0.905. The minimum atomic E-state index is 0.0626. The number of hydrogen-bond acceptors (Lipinski definition) is 4. The number of aromatic nitrogens is 1. The summed E-state index contributed by atoms with van der Waals surface area (Å²) in [6.45, 7) is 1.92. The van der Waals surface area contributed by atoms with E-state index in [1.54, 1.807) is 7.11 Å². The number of methoxy groups -OCH3 is 1. The maximum atomic E-state index is 12.1. The predicted molar refractivity (Wildman–Crippen MR) is 79.3 cm³/mol. The Bertz CT molecular complexity index is 621. The first-order valence-corrected chi connectivity index (χ1v) is 7.42. The molecule has 1 heterocycles. The number of carbonyl (C=O) groups excluding carboxylic acids is 1. The van der Waals surface area contributed by atoms with E-state index < -0.39 is 0 Å². The summed E-state index contributed by atoms with van der Waals surface area (Å²) in [5, 5.41) is 5.51. The zero-order valence-electron chi connectivity index (χ0n) is 11.4. The van der Waals surface area contributed by atoms with E-state index in [0.29, 0.717) is 11.0 Å². The fraction of sp³-hybridized carbons (Fsp3) is 0.333. The van der Waals surface area contributed by atoms with Crippen LogP contribution in [0.3, 0.4) is 0 Å². The highest BCUT2D eigenvalue weighted by Crippen LogP contribution is 2.48. The number of carbonyl (C=O) groups is 1. The Morgan fingerprint density at radius 2 is 2.15 bits per heavy atom. The van der Waals surface area contributed by atoms with Crippen LogP contribution in [0.2, 0.25) is 0 Å². The molecule has 1 N–H and O–H groups in total. The van der Waals surface area contributed by atoms with Gasteiger partial charge in [0.2, 0.25) is 5.91 Å². The zero-order valence-corrected chi connectivity index (χ0v) is 12.2. The summed E-state index contributed by atoms with van der Waals surface area (Å²) < 4.78 is 5.14. The average molecular weight is 288 g/mol. The predicted octanol–water partition coefficient (Wildman–Crippen LogP) is 3.20. The molecule has 5 heteroatoms. The summed E-state index contributed by atoms with van der Waals surface area (Å²) in [7, 11) is 1.65. The Hall–Kier alpha value is -1.88. The smallest absolute Gasteiger partial charge is 0.229 e. The highest BCUT2D eigenvalue weighted by molar-refractivity contribution is 7.13. The number of thiazole rings is 1. The number of benzene rings is 1. The van der Waals surface area contributed by atoms with Gasteiger partial charge in [0.25, 0.3) is 0 Å². The molecule has 1 aromatic heterocycles. The van der Waals surface area contributed by atoms with Gasteiger partial charge in [-0.3, -0.25) is 4.79 Å². The van der Waals surface area contributed by atoms with E-state index in [1.807, 2.05) is 36.6 Å². The second-order valence-electron chi connectivity index (χ2n) is 5.01. The maximum Gasteiger partial charge on any atom is 0.229 e. The van der Waals surface area contributed by atoms with Crippen molar-refractivity contribution in [2.45, 2.75) is 19.3 Å². The van der Waals surface area contributed by atoms with Gasteiger partial charge in [-0.25, -0.2) is 4.98 Å². The Kier molecular flexibility index (Phi) is 3.44. The highest BCUT2D eigenvalue weighted by atomic mass is 32.1. The maximum absolute atomic E-state index is 12.1. The Morgan fingerprint density at radius 1 is 1.40 bits per heavy atom. The molecule has 2 unspecified atom stereocenters. The van der Waals surface area contributed by atoms with Gasteiger partial charge >= 0.3 is 0 Å². The molecule has 2 atom stereocenters. The van der Waals surface area contributed by atoms with Gasteiger partial charge in [-0.1, -0.05) is 12.1 Å². The molecule has 1 aliphatic rings. The van der Waals surface area contributed by atoms with Crippen LogP contribution in [0.5, 0.6) is 5.75 Å². The zero-order chi connectivity index (χ0) is 14.1. The number of amides is 1. The van der Waals surface area contributed by atoms with Gasteiger partial charge in [0, 0.05) is 11.3 Å². The molecule has 20 heavy (non-hydrogen) atoms. The molecule has 1 amide bonds. The van der Waals surface area contributed by atoms with Crippen LogP contribution in [-0.4, -0.2) is 18.0 Å². The molecule has 0 radical (unpaired) electrons. The number of ether oxygens (including phenoxy) is 1. The van der Waals surface area contributed by atoms with Crippen molar-refractivity contribution in [2.75, 3.05) is 12.4 Å². The normalized spacial score (nSPS) is 20.5. The fourth-order valence-corrected chi connectivity index (χ4v) is 3.00. The topological polar surface area (TPSA) is 51.2 Å². The van der Waals surface area contributed by atoms with Crippen molar-refractivity contribution >= 4 is 22.4 Å². The van der Waals surface area contributed by atoms with Crippen molar-refractivity contribution in [3.8, 4) is 5.75 Å². The number of nitrogens with zero attached hydrogens (tertiary/aromatic N) is 1. The van der Waals surface area contributed by atoms with E-state index >= 15 is 0 Å². The molecule has 2 aromatic rings. The van der Waals surface area contributed by atoms with Crippen LogP contribution in [0.25, 0.3) is 0 Å². The van der Waals surface area contributed by atoms with E-state index in [4.69, 9.17) is 4.74 Å².